The van der Waals surface area contributed by atoms with Crippen LogP contribution in [0.5, 0.6) is 0 Å². The fourth-order valence-electron chi connectivity index (χ4n) is 2.52. The molecule has 28 heavy (non-hydrogen) atoms. The number of nitrogens with one attached hydrogen (secondary N) is 2. The zero-order valence-electron chi connectivity index (χ0n) is 15.5. The van der Waals surface area contributed by atoms with E-state index in [0.29, 0.717) is 34.4 Å². The molecule has 8 nitrogen and oxygen atoms in total. The van der Waals surface area contributed by atoms with Crippen LogP contribution in [0.1, 0.15) is 28.5 Å². The van der Waals surface area contributed by atoms with Gasteiger partial charge < -0.3 is 9.84 Å². The number of anilines is 1. The van der Waals surface area contributed by atoms with Crippen LogP contribution in [0.25, 0.3) is 0 Å². The summed E-state index contributed by atoms with van der Waals surface area (Å²) < 4.78 is 7.55. The predicted octanol–water partition coefficient (Wildman–Crippen LogP) is 3.65. The van der Waals surface area contributed by atoms with Gasteiger partial charge in [-0.3, -0.25) is 14.5 Å². The molecule has 3 heterocycles. The minimum absolute atomic E-state index is 0.0907. The van der Waals surface area contributed by atoms with E-state index in [2.05, 4.69) is 32.2 Å². The molecule has 0 bridgehead atoms. The van der Waals surface area contributed by atoms with Crippen LogP contribution in [0, 0.1) is 18.6 Å². The Morgan fingerprint density at radius 1 is 1.54 bits per heavy atom. The smallest absolute Gasteiger partial charge is 0.236 e. The van der Waals surface area contributed by atoms with E-state index in [4.69, 9.17) is 16.7 Å². The lowest BCUT2D eigenvalue weighted by molar-refractivity contribution is -0.113. The molecule has 0 radical (unpaired) electrons. The maximum Gasteiger partial charge on any atom is 0.236 e. The molecular formula is C17H20N6O2S3. The van der Waals surface area contributed by atoms with Crippen LogP contribution in [0.2, 0.25) is 0 Å². The molecule has 0 fully saturated rings. The molecule has 0 saturated carbocycles. The number of carbonyl (C=O) groups is 1. The Bertz CT molecular complexity index is 1010. The lowest BCUT2D eigenvalue weighted by Crippen LogP contribution is -2.14. The zero-order chi connectivity index (χ0) is 20.1. The topological polar surface area (TPSA) is 102 Å². The van der Waals surface area contributed by atoms with Gasteiger partial charge in [-0.25, -0.2) is 4.98 Å². The van der Waals surface area contributed by atoms with Crippen molar-refractivity contribution in [2.45, 2.75) is 32.6 Å². The van der Waals surface area contributed by atoms with Crippen LogP contribution in [-0.4, -0.2) is 36.6 Å². The second kappa shape index (κ2) is 9.30. The van der Waals surface area contributed by atoms with Gasteiger partial charge in [0.25, 0.3) is 0 Å². The lowest BCUT2D eigenvalue weighted by Gasteiger charge is -2.03. The van der Waals surface area contributed by atoms with Gasteiger partial charge in [-0.1, -0.05) is 11.2 Å². The number of thiazole rings is 1. The molecule has 0 unspecified atom stereocenters. The zero-order valence-corrected chi connectivity index (χ0v) is 18.0. The first kappa shape index (κ1) is 20.5. The number of hydrogen-bond donors (Lipinski definition) is 2. The minimum atomic E-state index is -0.0907. The summed E-state index contributed by atoms with van der Waals surface area (Å²) in [6.07, 6.45) is 2.29. The van der Waals surface area contributed by atoms with Gasteiger partial charge in [0, 0.05) is 23.2 Å². The number of aromatic amines is 1. The van der Waals surface area contributed by atoms with Crippen LogP contribution >= 0.6 is 35.3 Å². The fraction of sp³-hybridized carbons (Fsp3) is 0.353. The van der Waals surface area contributed by atoms with E-state index in [1.54, 1.807) is 6.08 Å². The molecule has 0 spiro atoms. The largest absolute Gasteiger partial charge is 0.361 e. The fourth-order valence-corrected chi connectivity index (χ4v) is 4.45. The van der Waals surface area contributed by atoms with Crippen molar-refractivity contribution < 1.29 is 9.32 Å². The third kappa shape index (κ3) is 4.97. The van der Waals surface area contributed by atoms with Crippen LogP contribution < -0.4 is 5.32 Å². The molecule has 0 aliphatic carbocycles. The molecule has 3 aromatic heterocycles. The van der Waals surface area contributed by atoms with E-state index in [0.717, 1.165) is 28.5 Å². The first-order valence-corrected chi connectivity index (χ1v) is 10.9. The van der Waals surface area contributed by atoms with Gasteiger partial charge in [-0.2, -0.15) is 5.10 Å². The summed E-state index contributed by atoms with van der Waals surface area (Å²) in [5.41, 5.74) is 2.73. The second-order valence-electron chi connectivity index (χ2n) is 6.01. The van der Waals surface area contributed by atoms with E-state index in [1.807, 2.05) is 23.8 Å². The first-order valence-electron chi connectivity index (χ1n) is 8.46. The van der Waals surface area contributed by atoms with Crippen LogP contribution in [0.3, 0.4) is 0 Å². The Balaban J connectivity index is 1.52. The average molecular weight is 437 g/mol. The number of carbonyl (C=O) groups excluding carboxylic acids is 1. The number of allylic oxidation sites excluding steroid dienone is 1. The SMILES string of the molecule is C=CCn1c(Cc2csc(NC(=O)CSCc3c(C)noc3C)n2)n[nH]c1=S. The summed E-state index contributed by atoms with van der Waals surface area (Å²) in [7, 11) is 0. The molecule has 2 N–H and O–H groups in total. The monoisotopic (exact) mass is 436 g/mol. The Kier molecular flexibility index (Phi) is 6.81. The van der Waals surface area contributed by atoms with Crippen LogP contribution in [0.15, 0.2) is 22.6 Å². The summed E-state index contributed by atoms with van der Waals surface area (Å²) in [5, 5.41) is 16.3. The molecule has 0 saturated heterocycles. The van der Waals surface area contributed by atoms with Crippen molar-refractivity contribution in [2.75, 3.05) is 11.1 Å². The quantitative estimate of drug-likeness (QED) is 0.390. The van der Waals surface area contributed by atoms with Crippen molar-refractivity contribution >= 4 is 46.4 Å². The Morgan fingerprint density at radius 3 is 3.07 bits per heavy atom. The van der Waals surface area contributed by atoms with Gasteiger partial charge in [0.05, 0.1) is 23.6 Å². The number of hydrogen-bond acceptors (Lipinski definition) is 8. The summed E-state index contributed by atoms with van der Waals surface area (Å²) in [5.74, 6) is 2.50. The summed E-state index contributed by atoms with van der Waals surface area (Å²) in [4.78, 5) is 16.6. The highest BCUT2D eigenvalue weighted by Crippen LogP contribution is 2.21. The molecule has 0 atom stereocenters. The highest BCUT2D eigenvalue weighted by atomic mass is 32.2. The minimum Gasteiger partial charge on any atom is -0.361 e. The van der Waals surface area contributed by atoms with Crippen molar-refractivity contribution in [3.05, 3.63) is 51.3 Å². The van der Waals surface area contributed by atoms with Crippen LogP contribution in [0.4, 0.5) is 5.13 Å². The number of rotatable bonds is 9. The maximum absolute atomic E-state index is 12.2. The van der Waals surface area contributed by atoms with Gasteiger partial charge in [0.15, 0.2) is 9.90 Å². The summed E-state index contributed by atoms with van der Waals surface area (Å²) in [6.45, 7) is 8.09. The number of thioether (sulfide) groups is 1. The van der Waals surface area contributed by atoms with Gasteiger partial charge >= 0.3 is 0 Å². The van der Waals surface area contributed by atoms with Crippen molar-refractivity contribution in [3.63, 3.8) is 0 Å². The average Bonchev–Trinajstić information content (AvgIpc) is 3.33. The lowest BCUT2D eigenvalue weighted by atomic mass is 10.2. The molecule has 11 heteroatoms. The Hall–Kier alpha value is -2.24. The highest BCUT2D eigenvalue weighted by molar-refractivity contribution is 7.99. The summed E-state index contributed by atoms with van der Waals surface area (Å²) >= 11 is 8.11. The first-order chi connectivity index (χ1) is 13.5. The van der Waals surface area contributed by atoms with Gasteiger partial charge in [0.1, 0.15) is 11.6 Å². The van der Waals surface area contributed by atoms with Gasteiger partial charge in [-0.15, -0.1) is 29.7 Å². The molecule has 148 valence electrons. The van der Waals surface area contributed by atoms with Crippen molar-refractivity contribution in [3.8, 4) is 0 Å². The number of nitrogens with zero attached hydrogens (tertiary/aromatic N) is 4. The standard InChI is InChI=1S/C17H20N6O2S3/c1-4-5-23-14(20-21-17(23)26)6-12-7-28-16(18-12)19-15(24)9-27-8-13-10(2)22-25-11(13)3/h4,7H,1,5-6,8-9H2,2-3H3,(H,21,26)(H,18,19,24). The number of H-pyrrole nitrogens is 1. The molecule has 0 aromatic carbocycles. The van der Waals surface area contributed by atoms with E-state index >= 15 is 0 Å². The van der Waals surface area contributed by atoms with E-state index in [1.165, 1.54) is 23.1 Å². The maximum atomic E-state index is 12.2. The van der Waals surface area contributed by atoms with Crippen molar-refractivity contribution in [2.24, 2.45) is 0 Å². The van der Waals surface area contributed by atoms with Crippen LogP contribution in [-0.2, 0) is 23.5 Å². The van der Waals surface area contributed by atoms with Gasteiger partial charge in [-0.05, 0) is 26.1 Å². The Morgan fingerprint density at radius 2 is 2.36 bits per heavy atom. The van der Waals surface area contributed by atoms with Crippen molar-refractivity contribution in [1.29, 1.82) is 0 Å². The number of aryl methyl sites for hydroxylation is 2. The van der Waals surface area contributed by atoms with E-state index in [-0.39, 0.29) is 5.91 Å². The molecule has 0 aliphatic rings. The summed E-state index contributed by atoms with van der Waals surface area (Å²) in [6, 6.07) is 0. The number of aromatic nitrogens is 5. The molecule has 3 rings (SSSR count). The van der Waals surface area contributed by atoms with Crippen molar-refractivity contribution in [1.82, 2.24) is 24.9 Å². The number of amides is 1. The normalized spacial score (nSPS) is 10.9. The third-order valence-electron chi connectivity index (χ3n) is 3.95. The Labute approximate surface area is 175 Å². The second-order valence-corrected chi connectivity index (χ2v) is 8.24. The third-order valence-corrected chi connectivity index (χ3v) is 6.02. The van der Waals surface area contributed by atoms with E-state index in [9.17, 15) is 4.79 Å². The van der Waals surface area contributed by atoms with E-state index < -0.39 is 0 Å². The predicted molar refractivity (Wildman–Crippen MR) is 113 cm³/mol. The molecule has 1 amide bonds. The molecule has 0 aliphatic heterocycles. The highest BCUT2D eigenvalue weighted by Gasteiger charge is 2.13. The molecule has 3 aromatic rings. The van der Waals surface area contributed by atoms with Gasteiger partial charge in [0.2, 0.25) is 5.91 Å². The molecular weight excluding hydrogens is 416 g/mol.